The Morgan fingerprint density at radius 2 is 1.76 bits per heavy atom. The molecule has 14 heteroatoms. The van der Waals surface area contributed by atoms with Gasteiger partial charge in [-0.15, -0.1) is 13.2 Å². The number of carbonyl (C=O) groups is 1. The molecular formula is C36H37F4N5O5. The topological polar surface area (TPSA) is 88.6 Å². The summed E-state index contributed by atoms with van der Waals surface area (Å²) < 4.78 is 75.6. The van der Waals surface area contributed by atoms with Crippen LogP contribution in [0.2, 0.25) is 0 Å². The molecule has 2 amide bonds. The zero-order valence-corrected chi connectivity index (χ0v) is 27.6. The van der Waals surface area contributed by atoms with E-state index in [1.807, 2.05) is 0 Å². The number of fused-ring (bicyclic) bond motifs is 1. The van der Waals surface area contributed by atoms with Gasteiger partial charge in [0.05, 0.1) is 24.9 Å². The number of hydrogen-bond donors (Lipinski definition) is 1. The summed E-state index contributed by atoms with van der Waals surface area (Å²) in [6, 6.07) is 14.0. The summed E-state index contributed by atoms with van der Waals surface area (Å²) >= 11 is 0. The van der Waals surface area contributed by atoms with Crippen LogP contribution in [0.15, 0.2) is 79.3 Å². The zero-order chi connectivity index (χ0) is 35.3. The number of ether oxygens (including phenoxy) is 4. The number of piperidine rings is 1. The van der Waals surface area contributed by atoms with Gasteiger partial charge in [0.2, 0.25) is 0 Å². The maximum absolute atomic E-state index is 15.3. The third kappa shape index (κ3) is 8.48. The van der Waals surface area contributed by atoms with Gasteiger partial charge in [-0.3, -0.25) is 9.88 Å². The summed E-state index contributed by atoms with van der Waals surface area (Å²) in [7, 11) is 1.54. The Labute approximate surface area is 286 Å². The largest absolute Gasteiger partial charge is 0.573 e. The van der Waals surface area contributed by atoms with Crippen molar-refractivity contribution in [2.45, 2.75) is 32.5 Å². The van der Waals surface area contributed by atoms with Gasteiger partial charge in [-0.2, -0.15) is 0 Å². The fraction of sp³-hybridized carbons (Fsp3) is 0.333. The number of hydrogen-bond acceptors (Lipinski definition) is 8. The number of benzene rings is 3. The number of halogens is 4. The number of aromatic nitrogens is 1. The van der Waals surface area contributed by atoms with Gasteiger partial charge >= 0.3 is 12.4 Å². The monoisotopic (exact) mass is 695 g/mol. The Hall–Kier alpha value is -5.24. The second-order valence-corrected chi connectivity index (χ2v) is 12.1. The summed E-state index contributed by atoms with van der Waals surface area (Å²) in [6.07, 6.45) is 2.84. The van der Waals surface area contributed by atoms with E-state index in [2.05, 4.69) is 26.9 Å². The molecule has 3 aromatic carbocycles. The first kappa shape index (κ1) is 34.6. The number of amides is 2. The molecule has 0 saturated carbocycles. The number of carbonyl (C=O) groups excluding carboxylic acids is 1. The fourth-order valence-corrected chi connectivity index (χ4v) is 5.83. The molecule has 2 aliphatic heterocycles. The fourth-order valence-electron chi connectivity index (χ4n) is 5.83. The maximum Gasteiger partial charge on any atom is 0.573 e. The molecule has 2 aliphatic rings. The van der Waals surface area contributed by atoms with Crippen molar-refractivity contribution in [1.82, 2.24) is 14.8 Å². The van der Waals surface area contributed by atoms with Gasteiger partial charge in [-0.1, -0.05) is 19.1 Å². The molecule has 0 radical (unpaired) electrons. The van der Waals surface area contributed by atoms with Crippen LogP contribution in [0.4, 0.5) is 33.7 Å². The van der Waals surface area contributed by atoms with Crippen LogP contribution in [0.25, 0.3) is 10.9 Å². The van der Waals surface area contributed by atoms with Crippen molar-refractivity contribution in [2.24, 2.45) is 5.92 Å². The van der Waals surface area contributed by atoms with Crippen LogP contribution >= 0.6 is 0 Å². The van der Waals surface area contributed by atoms with Gasteiger partial charge in [0.1, 0.15) is 12.4 Å². The lowest BCUT2D eigenvalue weighted by Crippen LogP contribution is -2.34. The Morgan fingerprint density at radius 3 is 2.52 bits per heavy atom. The van der Waals surface area contributed by atoms with Crippen LogP contribution in [-0.2, 0) is 0 Å². The molecule has 1 saturated heterocycles. The molecule has 4 aromatic rings. The predicted octanol–water partition coefficient (Wildman–Crippen LogP) is 8.36. The molecule has 0 atom stereocenters. The van der Waals surface area contributed by atoms with E-state index in [0.717, 1.165) is 38.0 Å². The van der Waals surface area contributed by atoms with E-state index in [4.69, 9.17) is 14.2 Å². The normalized spacial score (nSPS) is 15.4. The van der Waals surface area contributed by atoms with Crippen molar-refractivity contribution < 1.29 is 41.3 Å². The van der Waals surface area contributed by atoms with Crippen molar-refractivity contribution in [3.8, 4) is 28.7 Å². The van der Waals surface area contributed by atoms with Gasteiger partial charge in [0.25, 0.3) is 0 Å². The van der Waals surface area contributed by atoms with Crippen molar-refractivity contribution in [2.75, 3.05) is 50.2 Å². The molecule has 0 bridgehead atoms. The van der Waals surface area contributed by atoms with E-state index < -0.39 is 24.0 Å². The molecule has 0 spiro atoms. The summed E-state index contributed by atoms with van der Waals surface area (Å²) in [5, 5.41) is 3.18. The standard InChI is InChI=1S/C36H37F4N5O5/c1-24-11-15-43(16-12-24)14-5-19-48-34-22-28-26(21-33(34)47-2)30(10-13-41-28)49-31-9-8-25(20-27(31)37)42-35(46)45-18-17-44(23-45)29-6-3-4-7-32(29)50-36(38,39)40/h3-4,6-10,13,17-18,20-22,24H,5,11-12,14-16,19,23H2,1-2H3,(H,42,46). The molecular weight excluding hydrogens is 658 g/mol. The summed E-state index contributed by atoms with van der Waals surface area (Å²) in [5.41, 5.74) is 0.838. The van der Waals surface area contributed by atoms with Gasteiger partial charge in [-0.25, -0.2) is 9.18 Å². The SMILES string of the molecule is COc1cc2c(Oc3ccc(NC(=O)N4C=CN(c5ccccc5OC(F)(F)F)C4)cc3F)ccnc2cc1OCCCN1CCC(C)CC1. The Balaban J connectivity index is 1.07. The summed E-state index contributed by atoms with van der Waals surface area (Å²) in [6.45, 7) is 5.93. The Kier molecular flexibility index (Phi) is 10.5. The number of rotatable bonds is 11. The van der Waals surface area contributed by atoms with Crippen LogP contribution in [0.5, 0.6) is 28.7 Å². The molecule has 1 fully saturated rings. The average Bonchev–Trinajstić information content (AvgIpc) is 3.58. The van der Waals surface area contributed by atoms with Crippen molar-refractivity contribution in [1.29, 1.82) is 0 Å². The highest BCUT2D eigenvalue weighted by molar-refractivity contribution is 5.91. The number of alkyl halides is 3. The number of anilines is 2. The lowest BCUT2D eigenvalue weighted by molar-refractivity contribution is -0.274. The van der Waals surface area contributed by atoms with Crippen LogP contribution in [0.3, 0.4) is 0 Å². The van der Waals surface area contributed by atoms with Gasteiger partial charge < -0.3 is 34.1 Å². The number of nitrogens with zero attached hydrogens (tertiary/aromatic N) is 4. The first-order valence-electron chi connectivity index (χ1n) is 16.2. The number of nitrogens with one attached hydrogen (secondary N) is 1. The molecule has 10 nitrogen and oxygen atoms in total. The quantitative estimate of drug-likeness (QED) is 0.124. The highest BCUT2D eigenvalue weighted by Crippen LogP contribution is 2.38. The van der Waals surface area contributed by atoms with Crippen molar-refractivity contribution in [3.05, 3.63) is 85.1 Å². The predicted molar refractivity (Wildman–Crippen MR) is 180 cm³/mol. The number of para-hydroxylation sites is 2. The average molecular weight is 696 g/mol. The molecule has 1 N–H and O–H groups in total. The molecule has 0 aliphatic carbocycles. The van der Waals surface area contributed by atoms with Crippen molar-refractivity contribution in [3.63, 3.8) is 0 Å². The minimum Gasteiger partial charge on any atom is -0.493 e. The Bertz CT molecular complexity index is 1850. The van der Waals surface area contributed by atoms with E-state index in [9.17, 15) is 18.0 Å². The maximum atomic E-state index is 15.3. The molecule has 50 heavy (non-hydrogen) atoms. The lowest BCUT2D eigenvalue weighted by atomic mass is 9.99. The number of likely N-dealkylation sites (tertiary alicyclic amines) is 1. The van der Waals surface area contributed by atoms with E-state index in [1.54, 1.807) is 37.6 Å². The third-order valence-electron chi connectivity index (χ3n) is 8.54. The molecule has 1 aromatic heterocycles. The van der Waals surface area contributed by atoms with Gasteiger partial charge in [0, 0.05) is 48.3 Å². The first-order valence-corrected chi connectivity index (χ1v) is 16.2. The zero-order valence-electron chi connectivity index (χ0n) is 27.6. The number of methoxy groups -OCH3 is 1. The number of pyridine rings is 1. The summed E-state index contributed by atoms with van der Waals surface area (Å²) in [5.74, 6) is 0.938. The Morgan fingerprint density at radius 1 is 0.960 bits per heavy atom. The second-order valence-electron chi connectivity index (χ2n) is 12.1. The summed E-state index contributed by atoms with van der Waals surface area (Å²) in [4.78, 5) is 22.5. The highest BCUT2D eigenvalue weighted by atomic mass is 19.4. The lowest BCUT2D eigenvalue weighted by Gasteiger charge is -2.30. The second kappa shape index (κ2) is 15.1. The van der Waals surface area contributed by atoms with E-state index >= 15 is 4.39 Å². The van der Waals surface area contributed by atoms with E-state index in [0.29, 0.717) is 34.8 Å². The van der Waals surface area contributed by atoms with Crippen LogP contribution in [0, 0.1) is 11.7 Å². The smallest absolute Gasteiger partial charge is 0.493 e. The van der Waals surface area contributed by atoms with Crippen molar-refractivity contribution >= 4 is 28.3 Å². The first-order chi connectivity index (χ1) is 24.1. The number of urea groups is 1. The highest BCUT2D eigenvalue weighted by Gasteiger charge is 2.33. The van der Waals surface area contributed by atoms with Crippen LogP contribution in [0.1, 0.15) is 26.2 Å². The molecule has 264 valence electrons. The van der Waals surface area contributed by atoms with E-state index in [1.165, 1.54) is 65.4 Å². The van der Waals surface area contributed by atoms with Gasteiger partial charge in [0.15, 0.2) is 28.8 Å². The minimum absolute atomic E-state index is 0.0876. The van der Waals surface area contributed by atoms with Crippen LogP contribution in [-0.4, -0.2) is 67.2 Å². The molecule has 3 heterocycles. The third-order valence-corrected chi connectivity index (χ3v) is 8.54. The minimum atomic E-state index is -4.88. The molecule has 0 unspecified atom stereocenters. The van der Waals surface area contributed by atoms with E-state index in [-0.39, 0.29) is 23.8 Å². The van der Waals surface area contributed by atoms with Crippen LogP contribution < -0.4 is 29.2 Å². The van der Waals surface area contributed by atoms with Gasteiger partial charge in [-0.05, 0) is 74.7 Å². The molecule has 6 rings (SSSR count).